The fourth-order valence-electron chi connectivity index (χ4n) is 16.9. The number of hydrogen-bond donors (Lipinski definition) is 0. The first-order chi connectivity index (χ1) is 38.3. The highest BCUT2D eigenvalue weighted by molar-refractivity contribution is 6.86. The zero-order valence-electron chi connectivity index (χ0n) is 54.7. The Balaban J connectivity index is 1.31. The minimum Gasteiger partial charge on any atom is -0.468 e. The topological polar surface area (TPSA) is 19.6 Å². The Morgan fingerprint density at radius 2 is 1.39 bits per heavy atom. The van der Waals surface area contributed by atoms with Crippen LogP contribution >= 0.6 is 0 Å². The molecule has 2 bridgehead atoms. The lowest BCUT2D eigenvalue weighted by Gasteiger charge is -2.47. The highest BCUT2D eigenvalue weighted by atomic mass is 16.3. The molecule has 6 aliphatic carbocycles. The normalized spacial score (nSPS) is 32.7. The lowest BCUT2D eigenvalue weighted by molar-refractivity contribution is 0.0949. The van der Waals surface area contributed by atoms with E-state index < -0.39 is 0 Å². The molecule has 4 heteroatoms. The van der Waals surface area contributed by atoms with E-state index in [4.69, 9.17) is 24.2 Å². The Morgan fingerprint density at radius 1 is 0.756 bits per heavy atom. The second-order valence-electron chi connectivity index (χ2n) is 32.2. The molecule has 3 nitrogen and oxygen atoms in total. The third kappa shape index (κ3) is 10.9. The summed E-state index contributed by atoms with van der Waals surface area (Å²) in [7, 11) is 0. The lowest BCUT2D eigenvalue weighted by atomic mass is 9.39. The Hall–Kier alpha value is -4.96. The van der Waals surface area contributed by atoms with E-state index in [0.29, 0.717) is 23.7 Å². The first-order valence-electron chi connectivity index (χ1n) is 32.5. The Labute approximate surface area is 500 Å². The molecule has 1 aromatic carbocycles. The van der Waals surface area contributed by atoms with Gasteiger partial charge in [0.1, 0.15) is 5.58 Å². The number of nitrogens with zero attached hydrogens (tertiary/aromatic N) is 2. The first-order valence-corrected chi connectivity index (χ1v) is 32.5. The summed E-state index contributed by atoms with van der Waals surface area (Å²) >= 11 is 0. The summed E-state index contributed by atoms with van der Waals surface area (Å²) in [6.45, 7) is 60.4. The minimum atomic E-state index is -0.182. The van der Waals surface area contributed by atoms with Gasteiger partial charge in [0.25, 0.3) is 6.71 Å². The molecule has 8 aliphatic rings. The number of hydrogen-bond acceptors (Lipinski definition) is 3. The molecule has 438 valence electrons. The van der Waals surface area contributed by atoms with Crippen LogP contribution < -0.4 is 10.6 Å². The average molecular weight is 1100 g/mol. The van der Waals surface area contributed by atoms with Crippen LogP contribution in [0.5, 0.6) is 0 Å². The fraction of sp³-hybridized carbons (Fsp3) is 0.564. The highest BCUT2D eigenvalue weighted by Crippen LogP contribution is 2.56. The molecule has 0 N–H and O–H groups in total. The van der Waals surface area contributed by atoms with Crippen molar-refractivity contribution in [3.8, 4) is 0 Å². The van der Waals surface area contributed by atoms with Crippen molar-refractivity contribution in [2.24, 2.45) is 62.6 Å². The van der Waals surface area contributed by atoms with Crippen LogP contribution in [0.25, 0.3) is 11.0 Å². The van der Waals surface area contributed by atoms with Crippen LogP contribution in [0.4, 0.5) is 5.69 Å². The van der Waals surface area contributed by atoms with Gasteiger partial charge >= 0.3 is 0 Å². The number of furan rings is 1. The van der Waals surface area contributed by atoms with Gasteiger partial charge in [-0.1, -0.05) is 179 Å². The van der Waals surface area contributed by atoms with Gasteiger partial charge in [-0.15, -0.1) is 6.58 Å². The third-order valence-electron chi connectivity index (χ3n) is 23.4. The average Bonchev–Trinajstić information content (AvgIpc) is 1.73. The molecule has 5 fully saturated rings. The summed E-state index contributed by atoms with van der Waals surface area (Å²) in [5.41, 5.74) is 18.5. The van der Waals surface area contributed by atoms with Gasteiger partial charge in [-0.3, -0.25) is 0 Å². The zero-order valence-corrected chi connectivity index (χ0v) is 54.7. The lowest BCUT2D eigenvalue weighted by Crippen LogP contribution is -2.46. The molecule has 0 spiro atoms. The molecule has 3 heterocycles. The minimum absolute atomic E-state index is 0.00557. The highest BCUT2D eigenvalue weighted by Gasteiger charge is 2.48. The van der Waals surface area contributed by atoms with Crippen LogP contribution in [0.1, 0.15) is 219 Å². The summed E-state index contributed by atoms with van der Waals surface area (Å²) < 4.78 is 7.69. The van der Waals surface area contributed by atoms with Crippen LogP contribution in [0.3, 0.4) is 0 Å². The summed E-state index contributed by atoms with van der Waals surface area (Å²) in [4.78, 5) is 5.10. The van der Waals surface area contributed by atoms with E-state index in [-0.39, 0.29) is 44.6 Å². The van der Waals surface area contributed by atoms with Crippen LogP contribution in [-0.4, -0.2) is 11.6 Å². The van der Waals surface area contributed by atoms with Gasteiger partial charge in [0.2, 0.25) is 0 Å². The number of anilines is 1. The second-order valence-corrected chi connectivity index (χ2v) is 32.2. The predicted molar refractivity (Wildman–Crippen MR) is 356 cm³/mol. The van der Waals surface area contributed by atoms with Crippen LogP contribution in [0.15, 0.2) is 172 Å². The summed E-state index contributed by atoms with van der Waals surface area (Å²) in [5.74, 6) is 5.74. The van der Waals surface area contributed by atoms with Crippen molar-refractivity contribution < 1.29 is 4.42 Å². The van der Waals surface area contributed by atoms with Gasteiger partial charge in [-0.2, -0.15) is 0 Å². The molecule has 6 atom stereocenters. The van der Waals surface area contributed by atoms with E-state index >= 15 is 0 Å². The van der Waals surface area contributed by atoms with Gasteiger partial charge in [0.05, 0.1) is 11.3 Å². The van der Waals surface area contributed by atoms with Crippen molar-refractivity contribution in [1.82, 2.24) is 4.90 Å². The van der Waals surface area contributed by atoms with Gasteiger partial charge < -0.3 is 14.2 Å². The van der Waals surface area contributed by atoms with E-state index in [1.165, 1.54) is 124 Å². The molecule has 10 rings (SSSR count). The van der Waals surface area contributed by atoms with E-state index in [9.17, 15) is 0 Å². The number of allylic oxidation sites excluding steroid dienone is 16. The molecule has 0 radical (unpaired) electrons. The van der Waals surface area contributed by atoms with Crippen molar-refractivity contribution in [1.29, 1.82) is 0 Å². The smallest absolute Gasteiger partial charge is 0.289 e. The number of rotatable bonds is 10. The van der Waals surface area contributed by atoms with E-state index in [1.807, 2.05) is 0 Å². The van der Waals surface area contributed by atoms with E-state index in [1.54, 1.807) is 0 Å². The molecule has 2 aromatic rings. The summed E-state index contributed by atoms with van der Waals surface area (Å²) in [6, 6.07) is 5.03. The third-order valence-corrected chi connectivity index (χ3v) is 23.4. The van der Waals surface area contributed by atoms with E-state index in [0.717, 1.165) is 67.3 Å². The molecule has 5 saturated carbocycles. The molecule has 0 saturated heterocycles. The van der Waals surface area contributed by atoms with Crippen molar-refractivity contribution >= 4 is 29.0 Å². The molecular weight excluding hydrogens is 992 g/mol. The van der Waals surface area contributed by atoms with Gasteiger partial charge in [-0.25, -0.2) is 0 Å². The van der Waals surface area contributed by atoms with Crippen molar-refractivity contribution in [2.45, 2.75) is 218 Å². The van der Waals surface area contributed by atoms with E-state index in [2.05, 4.69) is 219 Å². The maximum Gasteiger partial charge on any atom is 0.289 e. The van der Waals surface area contributed by atoms with Gasteiger partial charge in [-0.05, 0) is 244 Å². The maximum absolute atomic E-state index is 7.69. The second kappa shape index (κ2) is 21.5. The van der Waals surface area contributed by atoms with Crippen molar-refractivity contribution in [3.05, 3.63) is 179 Å². The molecule has 6 unspecified atom stereocenters. The van der Waals surface area contributed by atoms with Crippen molar-refractivity contribution in [2.75, 3.05) is 4.90 Å². The molecule has 2 aliphatic heterocycles. The largest absolute Gasteiger partial charge is 0.468 e. The van der Waals surface area contributed by atoms with Crippen LogP contribution in [0.2, 0.25) is 0 Å². The maximum atomic E-state index is 7.69. The first kappa shape index (κ1) is 60.2. The van der Waals surface area contributed by atoms with Crippen LogP contribution in [0, 0.1) is 62.6 Å². The molecule has 1 aromatic heterocycles. The SMILES string of the molecule is C=CC1C(C)CCC(C)(C)C1/C=C/N1/C(=C/C(=C)C2(C)CC3CCCC(C3)C2)C2=CN(/C=C(/C=C3\C(=C)C(C)CCC3(C)C)C(\C)=C\C=C/C)C(/C=C3\C(=C)C(C)(C)CCC3(C)C)=CB2c2oc3cc4c(cc3c21)C(C)(C)CCC4(C)C. The molecular formula is C78H107BN2O. The molecule has 0 amide bonds. The zero-order chi connectivity index (χ0) is 59.4. The van der Waals surface area contributed by atoms with Gasteiger partial charge in [0, 0.05) is 35.4 Å². The van der Waals surface area contributed by atoms with Crippen molar-refractivity contribution in [3.63, 3.8) is 0 Å². The van der Waals surface area contributed by atoms with Crippen LogP contribution in [-0.2, 0) is 10.8 Å². The summed E-state index contributed by atoms with van der Waals surface area (Å²) in [5, 5.41) is 1.21. The Morgan fingerprint density at radius 3 is 2.05 bits per heavy atom. The summed E-state index contributed by atoms with van der Waals surface area (Å²) in [6.07, 6.45) is 43.6. The predicted octanol–water partition coefficient (Wildman–Crippen LogP) is 21.6. The standard InChI is InChI=1S/C78H107BN2O/c1-22-24-26-51(4)58(41-63-54(7)50(3)29-32-74(63,13)14)48-80-49-67-68(39-53(6)78(21)45-56-27-25-28-57(40-56)46-78)81(38-31-62-60(23-2)52(5)30-33-73(62,11)12)70-61-43-65-66(77(19,20)37-36-76(65,17)18)44-69(61)82-71(70)79(67)47-59(80)42-64-55(8)72(9,10)34-35-75(64,15)16/h22-24,26,31,38-39,41-44,47-50,52,56-57,60,62H,2,6-8,25,27-30,32-37,40,45-46H2,1,3-5,9-21H3/b24-22-,38-31+,51-26+,58-48-,63-41+,64-42+,68-39+. The Bertz CT molecular complexity index is 3220. The number of benzene rings is 1. The quantitative estimate of drug-likeness (QED) is 0.134. The monoisotopic (exact) mass is 1100 g/mol. The molecule has 82 heavy (non-hydrogen) atoms. The Kier molecular flexibility index (Phi) is 15.8. The number of fused-ring (bicyclic) bond motifs is 8. The fourth-order valence-corrected chi connectivity index (χ4v) is 16.9. The van der Waals surface area contributed by atoms with Gasteiger partial charge in [0.15, 0.2) is 0 Å².